The van der Waals surface area contributed by atoms with E-state index >= 15 is 0 Å². The molecule has 1 aromatic heterocycles. The molecule has 26 heavy (non-hydrogen) atoms. The van der Waals surface area contributed by atoms with Crippen LogP contribution in [0, 0.1) is 0 Å². The molecule has 1 aromatic carbocycles. The van der Waals surface area contributed by atoms with Crippen molar-refractivity contribution in [3.63, 3.8) is 0 Å². The summed E-state index contributed by atoms with van der Waals surface area (Å²) in [7, 11) is 1.58. The lowest BCUT2D eigenvalue weighted by Gasteiger charge is -2.13. The Balaban J connectivity index is 2.18. The average Bonchev–Trinajstić information content (AvgIpc) is 2.60. The number of ether oxygens (including phenoxy) is 2. The van der Waals surface area contributed by atoms with Gasteiger partial charge in [-0.05, 0) is 59.6 Å². The maximum absolute atomic E-state index is 12.1. The smallest absolute Gasteiger partial charge is 0.276 e. The average molecular weight is 422 g/mol. The predicted octanol–water partition coefficient (Wildman–Crippen LogP) is 2.71. The first-order chi connectivity index (χ1) is 12.5. The van der Waals surface area contributed by atoms with Gasteiger partial charge < -0.3 is 14.0 Å². The lowest BCUT2D eigenvalue weighted by Crippen LogP contribution is -2.29. The molecule has 0 fully saturated rings. The second-order valence-electron chi connectivity index (χ2n) is 5.23. The van der Waals surface area contributed by atoms with Crippen LogP contribution in [-0.2, 0) is 7.05 Å². The minimum atomic E-state index is -0.572. The predicted molar refractivity (Wildman–Crippen MR) is 103 cm³/mol. The molecule has 138 valence electrons. The first-order valence-electron chi connectivity index (χ1n) is 8.06. The zero-order chi connectivity index (χ0) is 19.1. The van der Waals surface area contributed by atoms with E-state index < -0.39 is 5.91 Å². The van der Waals surface area contributed by atoms with Crippen molar-refractivity contribution in [3.8, 4) is 11.5 Å². The van der Waals surface area contributed by atoms with Crippen LogP contribution in [0.3, 0.4) is 0 Å². The Morgan fingerprint density at radius 3 is 2.73 bits per heavy atom. The van der Waals surface area contributed by atoms with Gasteiger partial charge >= 0.3 is 0 Å². The van der Waals surface area contributed by atoms with Gasteiger partial charge in [-0.15, -0.1) is 0 Å². The molecule has 0 bridgehead atoms. The number of benzene rings is 1. The number of amides is 1. The maximum atomic E-state index is 12.1. The van der Waals surface area contributed by atoms with Gasteiger partial charge in [0.05, 0.1) is 23.9 Å². The molecule has 0 saturated heterocycles. The van der Waals surface area contributed by atoms with Crippen LogP contribution in [0.5, 0.6) is 11.5 Å². The summed E-state index contributed by atoms with van der Waals surface area (Å²) < 4.78 is 13.2. The van der Waals surface area contributed by atoms with Gasteiger partial charge in [0, 0.05) is 13.2 Å². The molecule has 0 atom stereocenters. The molecular formula is C18H20BrN3O4. The summed E-state index contributed by atoms with van der Waals surface area (Å²) in [6.07, 6.45) is 3.05. The minimum Gasteiger partial charge on any atom is -0.490 e. The number of nitrogens with one attached hydrogen (secondary N) is 1. The van der Waals surface area contributed by atoms with E-state index in [9.17, 15) is 9.59 Å². The van der Waals surface area contributed by atoms with Crippen LogP contribution in [0.4, 0.5) is 0 Å². The number of pyridine rings is 1. The number of halogens is 1. The monoisotopic (exact) mass is 421 g/mol. The number of aromatic nitrogens is 1. The first kappa shape index (κ1) is 19.7. The normalized spacial score (nSPS) is 10.8. The summed E-state index contributed by atoms with van der Waals surface area (Å²) >= 11 is 3.45. The molecular weight excluding hydrogens is 402 g/mol. The molecule has 2 rings (SSSR count). The molecule has 1 heterocycles. The van der Waals surface area contributed by atoms with Crippen LogP contribution in [-0.4, -0.2) is 29.9 Å². The second kappa shape index (κ2) is 9.19. The fraction of sp³-hybridized carbons (Fsp3) is 0.278. The van der Waals surface area contributed by atoms with Gasteiger partial charge in [0.2, 0.25) is 0 Å². The number of hydrogen-bond donors (Lipinski definition) is 1. The highest BCUT2D eigenvalue weighted by atomic mass is 79.9. The Labute approximate surface area is 159 Å². The quantitative estimate of drug-likeness (QED) is 0.550. The third-order valence-electron chi connectivity index (χ3n) is 3.37. The van der Waals surface area contributed by atoms with E-state index in [1.165, 1.54) is 16.8 Å². The van der Waals surface area contributed by atoms with Crippen molar-refractivity contribution in [3.05, 3.63) is 56.4 Å². The van der Waals surface area contributed by atoms with Crippen molar-refractivity contribution in [2.75, 3.05) is 13.2 Å². The minimum absolute atomic E-state index is 0.0232. The number of aryl methyl sites for hydroxylation is 1. The Morgan fingerprint density at radius 1 is 1.31 bits per heavy atom. The van der Waals surface area contributed by atoms with Crippen LogP contribution < -0.4 is 20.5 Å². The highest BCUT2D eigenvalue weighted by Crippen LogP contribution is 2.36. The molecule has 8 heteroatoms. The van der Waals surface area contributed by atoms with Gasteiger partial charge in [-0.25, -0.2) is 5.43 Å². The molecule has 0 aliphatic carbocycles. The molecule has 1 N–H and O–H groups in total. The lowest BCUT2D eigenvalue weighted by atomic mass is 10.2. The Hall–Kier alpha value is -2.61. The summed E-state index contributed by atoms with van der Waals surface area (Å²) in [6, 6.07) is 6.63. The number of carbonyl (C=O) groups excluding carboxylic acids is 1. The summed E-state index contributed by atoms with van der Waals surface area (Å²) in [4.78, 5) is 24.0. The molecule has 2 aromatic rings. The van der Waals surface area contributed by atoms with Gasteiger partial charge in [0.15, 0.2) is 11.5 Å². The third-order valence-corrected chi connectivity index (χ3v) is 3.96. The van der Waals surface area contributed by atoms with Crippen LogP contribution in [0.2, 0.25) is 0 Å². The molecule has 0 aliphatic rings. The van der Waals surface area contributed by atoms with Gasteiger partial charge in [0.1, 0.15) is 5.56 Å². The Bertz CT molecular complexity index is 877. The number of hydrogen-bond acceptors (Lipinski definition) is 5. The molecule has 0 saturated carbocycles. The SMILES string of the molecule is CCOc1cc(/C=N\NC(=O)c2cccn(C)c2=O)cc(Br)c1OCC. The molecule has 1 amide bonds. The number of hydrazone groups is 1. The fourth-order valence-corrected chi connectivity index (χ4v) is 2.78. The zero-order valence-electron chi connectivity index (χ0n) is 14.8. The van der Waals surface area contributed by atoms with Crippen LogP contribution in [0.1, 0.15) is 29.8 Å². The van der Waals surface area contributed by atoms with E-state index in [2.05, 4.69) is 26.5 Å². The summed E-state index contributed by atoms with van der Waals surface area (Å²) in [5.41, 5.74) is 2.69. The standard InChI is InChI=1S/C18H20BrN3O4/c1-4-25-15-10-12(9-14(19)16(15)26-5-2)11-20-21-17(23)13-7-6-8-22(3)18(13)24/h6-11H,4-5H2,1-3H3,(H,21,23)/b20-11-. The van der Waals surface area contributed by atoms with E-state index in [1.54, 1.807) is 31.4 Å². The summed E-state index contributed by atoms with van der Waals surface area (Å²) in [5.74, 6) is 0.620. The summed E-state index contributed by atoms with van der Waals surface area (Å²) in [5, 5.41) is 3.92. The van der Waals surface area contributed by atoms with Gasteiger partial charge in [-0.1, -0.05) is 0 Å². The van der Waals surface area contributed by atoms with Crippen LogP contribution >= 0.6 is 15.9 Å². The molecule has 0 unspecified atom stereocenters. The Morgan fingerprint density at radius 2 is 2.04 bits per heavy atom. The highest BCUT2D eigenvalue weighted by molar-refractivity contribution is 9.10. The number of carbonyl (C=O) groups is 1. The fourth-order valence-electron chi connectivity index (χ4n) is 2.21. The van der Waals surface area contributed by atoms with Crippen molar-refractivity contribution < 1.29 is 14.3 Å². The van der Waals surface area contributed by atoms with Gasteiger partial charge in [-0.2, -0.15) is 5.10 Å². The van der Waals surface area contributed by atoms with Crippen molar-refractivity contribution in [2.45, 2.75) is 13.8 Å². The summed E-state index contributed by atoms with van der Waals surface area (Å²) in [6.45, 7) is 4.77. The third kappa shape index (κ3) is 4.72. The lowest BCUT2D eigenvalue weighted by molar-refractivity contribution is 0.0953. The van der Waals surface area contributed by atoms with Crippen molar-refractivity contribution >= 4 is 28.1 Å². The van der Waals surface area contributed by atoms with E-state index in [0.717, 1.165) is 4.47 Å². The number of nitrogens with zero attached hydrogens (tertiary/aromatic N) is 2. The highest BCUT2D eigenvalue weighted by Gasteiger charge is 2.12. The van der Waals surface area contributed by atoms with Gasteiger partial charge in [-0.3, -0.25) is 9.59 Å². The topological polar surface area (TPSA) is 81.9 Å². The largest absolute Gasteiger partial charge is 0.490 e. The molecule has 0 aliphatic heterocycles. The molecule has 7 nitrogen and oxygen atoms in total. The maximum Gasteiger partial charge on any atom is 0.276 e. The molecule has 0 radical (unpaired) electrons. The second-order valence-corrected chi connectivity index (χ2v) is 6.09. The van der Waals surface area contributed by atoms with Crippen LogP contribution in [0.15, 0.2) is 44.8 Å². The Kier molecular flexibility index (Phi) is 6.97. The van der Waals surface area contributed by atoms with Crippen molar-refractivity contribution in [2.24, 2.45) is 12.1 Å². The number of rotatable bonds is 7. The van der Waals surface area contributed by atoms with Gasteiger partial charge in [0.25, 0.3) is 11.5 Å². The van der Waals surface area contributed by atoms with E-state index in [0.29, 0.717) is 30.3 Å². The van der Waals surface area contributed by atoms with E-state index in [4.69, 9.17) is 9.47 Å². The van der Waals surface area contributed by atoms with E-state index in [-0.39, 0.29) is 11.1 Å². The molecule has 0 spiro atoms. The first-order valence-corrected chi connectivity index (χ1v) is 8.85. The van der Waals surface area contributed by atoms with Crippen LogP contribution in [0.25, 0.3) is 0 Å². The van der Waals surface area contributed by atoms with Crippen molar-refractivity contribution in [1.29, 1.82) is 0 Å². The zero-order valence-corrected chi connectivity index (χ0v) is 16.4. The van der Waals surface area contributed by atoms with Crippen molar-refractivity contribution in [1.82, 2.24) is 9.99 Å². The van der Waals surface area contributed by atoms with E-state index in [1.807, 2.05) is 13.8 Å².